The summed E-state index contributed by atoms with van der Waals surface area (Å²) in [5.41, 5.74) is 0.0140. The van der Waals surface area contributed by atoms with E-state index in [1.807, 2.05) is 11.8 Å². The van der Waals surface area contributed by atoms with E-state index in [0.717, 1.165) is 74.9 Å². The minimum atomic E-state index is -0.650. The number of amides is 1. The first-order chi connectivity index (χ1) is 15.9. The van der Waals surface area contributed by atoms with Gasteiger partial charge in [-0.25, -0.2) is 0 Å². The molecular weight excluding hydrogens is 432 g/mol. The summed E-state index contributed by atoms with van der Waals surface area (Å²) >= 11 is 1.85. The molecule has 33 heavy (non-hydrogen) atoms. The molecule has 1 amide bonds. The van der Waals surface area contributed by atoms with E-state index in [1.54, 1.807) is 0 Å². The standard InChI is InChI=1S/C27H46N2O3S/c1-17(2)15-18-11-13-19(14-12-18)24-16-33-27(28-24)29-25(30)22-9-5-3-7-20(22)21-8-4-6-10-23(21)26(31)32/h17-24,27-28H,3-16H2,1-2H3,(H,29,30)(H,31,32). The monoisotopic (exact) mass is 478 g/mol. The predicted molar refractivity (Wildman–Crippen MR) is 135 cm³/mol. The van der Waals surface area contributed by atoms with Crippen LogP contribution in [0, 0.1) is 41.4 Å². The van der Waals surface area contributed by atoms with Crippen LogP contribution in [0.4, 0.5) is 0 Å². The summed E-state index contributed by atoms with van der Waals surface area (Å²) in [7, 11) is 0. The average Bonchev–Trinajstić information content (AvgIpc) is 3.27. The topological polar surface area (TPSA) is 78.4 Å². The first kappa shape index (κ1) is 25.3. The number of carboxylic acid groups (broad SMARTS) is 1. The van der Waals surface area contributed by atoms with Crippen molar-refractivity contribution in [3.63, 3.8) is 0 Å². The lowest BCUT2D eigenvalue weighted by atomic mass is 9.64. The minimum Gasteiger partial charge on any atom is -0.481 e. The van der Waals surface area contributed by atoms with Gasteiger partial charge in [0.15, 0.2) is 0 Å². The van der Waals surface area contributed by atoms with Crippen LogP contribution in [0.1, 0.15) is 97.3 Å². The summed E-state index contributed by atoms with van der Waals surface area (Å²) in [6.07, 6.45) is 14.8. The van der Waals surface area contributed by atoms with Crippen LogP contribution in [0.3, 0.4) is 0 Å². The summed E-state index contributed by atoms with van der Waals surface area (Å²) < 4.78 is 0. The lowest BCUT2D eigenvalue weighted by Crippen LogP contribution is -2.50. The lowest BCUT2D eigenvalue weighted by Gasteiger charge is -2.41. The first-order valence-corrected chi connectivity index (χ1v) is 14.9. The Morgan fingerprint density at radius 3 is 2.15 bits per heavy atom. The van der Waals surface area contributed by atoms with Gasteiger partial charge in [-0.3, -0.25) is 14.9 Å². The molecule has 5 nitrogen and oxygen atoms in total. The van der Waals surface area contributed by atoms with Gasteiger partial charge in [0.05, 0.1) is 5.92 Å². The molecule has 3 saturated carbocycles. The molecule has 1 aliphatic heterocycles. The van der Waals surface area contributed by atoms with Gasteiger partial charge >= 0.3 is 5.97 Å². The maximum atomic E-state index is 13.4. The fourth-order valence-electron chi connectivity index (χ4n) is 7.55. The molecule has 0 aromatic carbocycles. The molecule has 4 fully saturated rings. The van der Waals surface area contributed by atoms with Crippen molar-refractivity contribution in [1.29, 1.82) is 0 Å². The number of thioether (sulfide) groups is 1. The molecule has 0 aromatic heterocycles. The summed E-state index contributed by atoms with van der Waals surface area (Å²) in [4.78, 5) is 25.3. The molecule has 4 rings (SSSR count). The highest BCUT2D eigenvalue weighted by molar-refractivity contribution is 8.00. The van der Waals surface area contributed by atoms with Crippen LogP contribution in [0.25, 0.3) is 0 Å². The molecule has 0 spiro atoms. The smallest absolute Gasteiger partial charge is 0.306 e. The van der Waals surface area contributed by atoms with E-state index in [2.05, 4.69) is 24.5 Å². The van der Waals surface area contributed by atoms with Crippen molar-refractivity contribution >= 4 is 23.6 Å². The molecule has 6 heteroatoms. The van der Waals surface area contributed by atoms with Crippen molar-refractivity contribution in [2.75, 3.05) is 5.75 Å². The lowest BCUT2D eigenvalue weighted by molar-refractivity contribution is -0.148. The second-order valence-electron chi connectivity index (χ2n) is 11.9. The molecule has 188 valence electrons. The third-order valence-electron chi connectivity index (χ3n) is 9.19. The molecule has 3 aliphatic carbocycles. The van der Waals surface area contributed by atoms with Crippen molar-refractivity contribution in [2.24, 2.45) is 41.4 Å². The van der Waals surface area contributed by atoms with Crippen LogP contribution in [0.15, 0.2) is 0 Å². The van der Waals surface area contributed by atoms with Gasteiger partial charge in [0.2, 0.25) is 5.91 Å². The fourth-order valence-corrected chi connectivity index (χ4v) is 8.79. The highest BCUT2D eigenvalue weighted by atomic mass is 32.2. The molecule has 1 heterocycles. The van der Waals surface area contributed by atoms with Gasteiger partial charge in [0.25, 0.3) is 0 Å². The quantitative estimate of drug-likeness (QED) is 0.441. The van der Waals surface area contributed by atoms with Gasteiger partial charge in [-0.05, 0) is 74.5 Å². The molecule has 4 aliphatic rings. The largest absolute Gasteiger partial charge is 0.481 e. The van der Waals surface area contributed by atoms with Gasteiger partial charge < -0.3 is 10.4 Å². The van der Waals surface area contributed by atoms with Crippen LogP contribution in [0.5, 0.6) is 0 Å². The van der Waals surface area contributed by atoms with Crippen LogP contribution in [-0.4, -0.2) is 34.3 Å². The zero-order valence-corrected chi connectivity index (χ0v) is 21.6. The highest BCUT2D eigenvalue weighted by Crippen LogP contribution is 2.45. The third-order valence-corrected chi connectivity index (χ3v) is 10.3. The van der Waals surface area contributed by atoms with Gasteiger partial charge in [-0.2, -0.15) is 0 Å². The average molecular weight is 479 g/mol. The van der Waals surface area contributed by atoms with Crippen LogP contribution in [0.2, 0.25) is 0 Å². The van der Waals surface area contributed by atoms with E-state index in [-0.39, 0.29) is 35.1 Å². The fraction of sp³-hybridized carbons (Fsp3) is 0.926. The normalized spacial score (nSPS) is 40.0. The van der Waals surface area contributed by atoms with E-state index in [4.69, 9.17) is 0 Å². The van der Waals surface area contributed by atoms with Gasteiger partial charge in [-0.15, -0.1) is 11.8 Å². The molecule has 6 unspecified atom stereocenters. The molecule has 1 saturated heterocycles. The van der Waals surface area contributed by atoms with Crippen LogP contribution >= 0.6 is 11.8 Å². The zero-order valence-electron chi connectivity index (χ0n) is 20.8. The predicted octanol–water partition coefficient (Wildman–Crippen LogP) is 5.64. The molecule has 0 bridgehead atoms. The number of hydrogen-bond donors (Lipinski definition) is 3. The van der Waals surface area contributed by atoms with E-state index >= 15 is 0 Å². The second kappa shape index (κ2) is 11.8. The number of carboxylic acids is 1. The summed E-state index contributed by atoms with van der Waals surface area (Å²) in [5, 5.41) is 16.9. The van der Waals surface area contributed by atoms with E-state index in [1.165, 1.54) is 32.1 Å². The molecule has 3 N–H and O–H groups in total. The number of carbonyl (C=O) groups is 2. The number of rotatable bonds is 7. The zero-order chi connectivity index (χ0) is 23.4. The number of nitrogens with one attached hydrogen (secondary N) is 2. The van der Waals surface area contributed by atoms with E-state index in [9.17, 15) is 14.7 Å². The minimum absolute atomic E-state index is 0.0140. The Morgan fingerprint density at radius 2 is 1.52 bits per heavy atom. The van der Waals surface area contributed by atoms with Gasteiger partial charge in [0.1, 0.15) is 5.50 Å². The van der Waals surface area contributed by atoms with Crippen molar-refractivity contribution in [1.82, 2.24) is 10.6 Å². The molecule has 6 atom stereocenters. The molecule has 0 radical (unpaired) electrons. The maximum Gasteiger partial charge on any atom is 0.306 e. The van der Waals surface area contributed by atoms with Crippen LogP contribution in [-0.2, 0) is 9.59 Å². The van der Waals surface area contributed by atoms with Crippen molar-refractivity contribution < 1.29 is 14.7 Å². The maximum absolute atomic E-state index is 13.4. The van der Waals surface area contributed by atoms with Crippen molar-refractivity contribution in [3.8, 4) is 0 Å². The van der Waals surface area contributed by atoms with Crippen molar-refractivity contribution in [2.45, 2.75) is 109 Å². The van der Waals surface area contributed by atoms with Gasteiger partial charge in [0, 0.05) is 17.7 Å². The second-order valence-corrected chi connectivity index (χ2v) is 13.0. The summed E-state index contributed by atoms with van der Waals surface area (Å²) in [6.45, 7) is 4.67. The summed E-state index contributed by atoms with van der Waals surface area (Å²) in [5.74, 6) is 3.18. The molecular formula is C27H46N2O3S. The van der Waals surface area contributed by atoms with E-state index in [0.29, 0.717) is 6.04 Å². The Bertz CT molecular complexity index is 664. The third kappa shape index (κ3) is 6.48. The highest BCUT2D eigenvalue weighted by Gasteiger charge is 2.43. The number of aliphatic carboxylic acids is 1. The van der Waals surface area contributed by atoms with Crippen LogP contribution < -0.4 is 10.6 Å². The Balaban J connectivity index is 1.29. The Labute approximate surface area is 205 Å². The van der Waals surface area contributed by atoms with E-state index < -0.39 is 5.97 Å². The Kier molecular flexibility index (Phi) is 9.05. The molecule has 0 aromatic rings. The summed E-state index contributed by atoms with van der Waals surface area (Å²) in [6, 6.07) is 0.511. The Morgan fingerprint density at radius 1 is 0.909 bits per heavy atom. The first-order valence-electron chi connectivity index (χ1n) is 13.8. The Hall–Kier alpha value is -0.750. The van der Waals surface area contributed by atoms with Crippen molar-refractivity contribution in [3.05, 3.63) is 0 Å². The SMILES string of the molecule is CC(C)CC1CCC(C2CSC(NC(=O)C3CCCCC3C3CCCCC3C(=O)O)N2)CC1. The number of carbonyl (C=O) groups excluding carboxylic acids is 1. The van der Waals surface area contributed by atoms with Gasteiger partial charge in [-0.1, -0.05) is 52.4 Å². The number of hydrogen-bond acceptors (Lipinski definition) is 4.